The van der Waals surface area contributed by atoms with Gasteiger partial charge in [0.25, 0.3) is 0 Å². The van der Waals surface area contributed by atoms with Crippen molar-refractivity contribution < 1.29 is 5.11 Å². The number of hydrogen-bond acceptors (Lipinski definition) is 2. The van der Waals surface area contributed by atoms with E-state index < -0.39 is 6.10 Å². The maximum absolute atomic E-state index is 9.30. The summed E-state index contributed by atoms with van der Waals surface area (Å²) >= 11 is 11.8. The van der Waals surface area contributed by atoms with E-state index in [4.69, 9.17) is 23.2 Å². The molecule has 0 radical (unpaired) electrons. The molecular weight excluding hydrogens is 221 g/mol. The number of hydrogen-bond donors (Lipinski definition) is 2. The molecule has 0 bridgehead atoms. The lowest BCUT2D eigenvalue weighted by Crippen LogP contribution is -2.27. The Kier molecular flexibility index (Phi) is 4.05. The number of nitrogens with one attached hydrogen (secondary N) is 1. The van der Waals surface area contributed by atoms with E-state index in [0.29, 0.717) is 10.0 Å². The van der Waals surface area contributed by atoms with Gasteiger partial charge in [0, 0.05) is 11.1 Å². The summed E-state index contributed by atoms with van der Waals surface area (Å²) in [5.41, 5.74) is 0.743. The van der Waals surface area contributed by atoms with Crippen molar-refractivity contribution in [2.45, 2.75) is 26.0 Å². The summed E-state index contributed by atoms with van der Waals surface area (Å²) < 4.78 is 0. The van der Waals surface area contributed by atoms with Crippen molar-refractivity contribution in [2.24, 2.45) is 0 Å². The molecule has 0 amide bonds. The molecule has 0 spiro atoms. The number of aliphatic hydroxyl groups is 1. The number of anilines is 1. The number of rotatable bonds is 3. The van der Waals surface area contributed by atoms with E-state index in [1.54, 1.807) is 25.1 Å². The average Bonchev–Trinajstić information content (AvgIpc) is 2.11. The first kappa shape index (κ1) is 11.6. The van der Waals surface area contributed by atoms with Gasteiger partial charge in [0.1, 0.15) is 0 Å². The topological polar surface area (TPSA) is 32.3 Å². The maximum Gasteiger partial charge on any atom is 0.0710 e. The SMILES string of the molecule is CC(O)C(C)Nc1cc(Cl)ccc1Cl. The predicted molar refractivity (Wildman–Crippen MR) is 61.2 cm³/mol. The molecule has 0 fully saturated rings. The molecular formula is C10H13Cl2NO. The van der Waals surface area contributed by atoms with Crippen LogP contribution >= 0.6 is 23.2 Å². The van der Waals surface area contributed by atoms with Crippen LogP contribution in [0.4, 0.5) is 5.69 Å². The van der Waals surface area contributed by atoms with Crippen LogP contribution in [0.5, 0.6) is 0 Å². The molecule has 2 nitrogen and oxygen atoms in total. The van der Waals surface area contributed by atoms with Crippen molar-refractivity contribution in [3.63, 3.8) is 0 Å². The lowest BCUT2D eigenvalue weighted by molar-refractivity contribution is 0.178. The summed E-state index contributed by atoms with van der Waals surface area (Å²) in [6.45, 7) is 3.60. The van der Waals surface area contributed by atoms with Gasteiger partial charge in [0.2, 0.25) is 0 Å². The molecule has 0 saturated heterocycles. The highest BCUT2D eigenvalue weighted by molar-refractivity contribution is 6.35. The normalized spacial score (nSPS) is 14.9. The average molecular weight is 234 g/mol. The molecule has 4 heteroatoms. The zero-order chi connectivity index (χ0) is 10.7. The lowest BCUT2D eigenvalue weighted by Gasteiger charge is -2.18. The predicted octanol–water partition coefficient (Wildman–Crippen LogP) is 3.17. The molecule has 2 N–H and O–H groups in total. The van der Waals surface area contributed by atoms with Crippen molar-refractivity contribution in [1.29, 1.82) is 0 Å². The summed E-state index contributed by atoms with van der Waals surface area (Å²) in [5.74, 6) is 0. The van der Waals surface area contributed by atoms with Crippen LogP contribution in [0.15, 0.2) is 18.2 Å². The quantitative estimate of drug-likeness (QED) is 0.841. The highest BCUT2D eigenvalue weighted by atomic mass is 35.5. The van der Waals surface area contributed by atoms with Crippen molar-refractivity contribution in [3.05, 3.63) is 28.2 Å². The Morgan fingerprint density at radius 3 is 2.50 bits per heavy atom. The largest absolute Gasteiger partial charge is 0.391 e. The van der Waals surface area contributed by atoms with E-state index in [1.165, 1.54) is 0 Å². The molecule has 0 aliphatic heterocycles. The first-order chi connectivity index (χ1) is 6.50. The molecule has 1 aromatic rings. The Morgan fingerprint density at radius 2 is 1.93 bits per heavy atom. The second kappa shape index (κ2) is 4.87. The van der Waals surface area contributed by atoms with Gasteiger partial charge in [-0.1, -0.05) is 23.2 Å². The molecule has 1 rings (SSSR count). The maximum atomic E-state index is 9.30. The third-order valence-electron chi connectivity index (χ3n) is 2.04. The van der Waals surface area contributed by atoms with E-state index in [1.807, 2.05) is 6.92 Å². The van der Waals surface area contributed by atoms with Gasteiger partial charge in [-0.05, 0) is 32.0 Å². The number of aliphatic hydroxyl groups excluding tert-OH is 1. The number of benzene rings is 1. The van der Waals surface area contributed by atoms with Crippen molar-refractivity contribution in [1.82, 2.24) is 0 Å². The van der Waals surface area contributed by atoms with Crippen LogP contribution in [0, 0.1) is 0 Å². The minimum atomic E-state index is -0.440. The fraction of sp³-hybridized carbons (Fsp3) is 0.400. The van der Waals surface area contributed by atoms with Gasteiger partial charge in [-0.2, -0.15) is 0 Å². The molecule has 0 saturated carbocycles. The Balaban J connectivity index is 2.80. The molecule has 0 aliphatic carbocycles. The summed E-state index contributed by atoms with van der Waals surface area (Å²) in [4.78, 5) is 0. The van der Waals surface area contributed by atoms with E-state index in [-0.39, 0.29) is 6.04 Å². The standard InChI is InChI=1S/C10H13Cl2NO/c1-6(7(2)14)13-10-5-8(11)3-4-9(10)12/h3-7,13-14H,1-2H3. The highest BCUT2D eigenvalue weighted by Crippen LogP contribution is 2.26. The summed E-state index contributed by atoms with van der Waals surface area (Å²) in [5, 5.41) is 13.6. The minimum absolute atomic E-state index is 0.0639. The van der Waals surface area contributed by atoms with Gasteiger partial charge in [0.05, 0.1) is 16.8 Å². The fourth-order valence-corrected chi connectivity index (χ4v) is 1.32. The van der Waals surface area contributed by atoms with Crippen molar-refractivity contribution >= 4 is 28.9 Å². The Morgan fingerprint density at radius 1 is 1.29 bits per heavy atom. The van der Waals surface area contributed by atoms with E-state index in [0.717, 1.165) is 5.69 Å². The zero-order valence-electron chi connectivity index (χ0n) is 8.09. The molecule has 0 heterocycles. The molecule has 2 atom stereocenters. The van der Waals surface area contributed by atoms with Crippen LogP contribution in [-0.2, 0) is 0 Å². The second-order valence-corrected chi connectivity index (χ2v) is 4.14. The van der Waals surface area contributed by atoms with Crippen LogP contribution in [0.1, 0.15) is 13.8 Å². The minimum Gasteiger partial charge on any atom is -0.391 e. The van der Waals surface area contributed by atoms with Crippen LogP contribution in [0.2, 0.25) is 10.0 Å². The zero-order valence-corrected chi connectivity index (χ0v) is 9.60. The van der Waals surface area contributed by atoms with Gasteiger partial charge < -0.3 is 10.4 Å². The van der Waals surface area contributed by atoms with Crippen LogP contribution in [0.3, 0.4) is 0 Å². The Labute approximate surface area is 93.8 Å². The highest BCUT2D eigenvalue weighted by Gasteiger charge is 2.10. The first-order valence-electron chi connectivity index (χ1n) is 4.40. The van der Waals surface area contributed by atoms with Gasteiger partial charge >= 0.3 is 0 Å². The fourth-order valence-electron chi connectivity index (χ4n) is 0.974. The smallest absolute Gasteiger partial charge is 0.0710 e. The Bertz CT molecular complexity index is 315. The number of halogens is 2. The van der Waals surface area contributed by atoms with E-state index in [9.17, 15) is 5.11 Å². The van der Waals surface area contributed by atoms with E-state index in [2.05, 4.69) is 5.32 Å². The first-order valence-corrected chi connectivity index (χ1v) is 5.16. The third kappa shape index (κ3) is 3.05. The van der Waals surface area contributed by atoms with Crippen LogP contribution in [-0.4, -0.2) is 17.3 Å². The van der Waals surface area contributed by atoms with Crippen molar-refractivity contribution in [3.8, 4) is 0 Å². The van der Waals surface area contributed by atoms with Crippen LogP contribution < -0.4 is 5.32 Å². The second-order valence-electron chi connectivity index (χ2n) is 3.30. The van der Waals surface area contributed by atoms with Gasteiger partial charge in [-0.25, -0.2) is 0 Å². The van der Waals surface area contributed by atoms with Crippen molar-refractivity contribution in [2.75, 3.05) is 5.32 Å². The summed E-state index contributed by atoms with van der Waals surface area (Å²) in [7, 11) is 0. The molecule has 0 aromatic heterocycles. The molecule has 0 aliphatic rings. The molecule has 1 aromatic carbocycles. The molecule has 14 heavy (non-hydrogen) atoms. The van der Waals surface area contributed by atoms with Gasteiger partial charge in [-0.15, -0.1) is 0 Å². The lowest BCUT2D eigenvalue weighted by atomic mass is 10.2. The van der Waals surface area contributed by atoms with Gasteiger partial charge in [-0.3, -0.25) is 0 Å². The Hall–Kier alpha value is -0.440. The summed E-state index contributed by atoms with van der Waals surface area (Å²) in [6.07, 6.45) is -0.440. The monoisotopic (exact) mass is 233 g/mol. The van der Waals surface area contributed by atoms with Gasteiger partial charge in [0.15, 0.2) is 0 Å². The summed E-state index contributed by atoms with van der Waals surface area (Å²) in [6, 6.07) is 5.12. The third-order valence-corrected chi connectivity index (χ3v) is 2.60. The molecule has 2 unspecified atom stereocenters. The van der Waals surface area contributed by atoms with Crippen LogP contribution in [0.25, 0.3) is 0 Å². The molecule has 78 valence electrons. The van der Waals surface area contributed by atoms with E-state index >= 15 is 0 Å².